The molecule has 1 atom stereocenters. The van der Waals surface area contributed by atoms with Crippen LogP contribution in [0.2, 0.25) is 0 Å². The largest absolute Gasteiger partial charge is 0.317 e. The Labute approximate surface area is 147 Å². The molecule has 6 nitrogen and oxygen atoms in total. The monoisotopic (exact) mass is 334 g/mol. The van der Waals surface area contributed by atoms with Gasteiger partial charge in [0.1, 0.15) is 11.6 Å². The highest BCUT2D eigenvalue weighted by atomic mass is 15.3. The van der Waals surface area contributed by atoms with Crippen LogP contribution in [0.15, 0.2) is 42.7 Å². The summed E-state index contributed by atoms with van der Waals surface area (Å²) in [5.41, 5.74) is 2.75. The third kappa shape index (κ3) is 2.66. The number of fused-ring (bicyclic) bond motifs is 1. The third-order valence-corrected chi connectivity index (χ3v) is 5.39. The smallest absolute Gasteiger partial charge is 0.146 e. The predicted octanol–water partition coefficient (Wildman–Crippen LogP) is 2.49. The minimum Gasteiger partial charge on any atom is -0.317 e. The minimum absolute atomic E-state index is 0.246. The van der Waals surface area contributed by atoms with Crippen LogP contribution in [-0.4, -0.2) is 36.0 Å². The molecule has 5 rings (SSSR count). The van der Waals surface area contributed by atoms with Crippen molar-refractivity contribution in [3.8, 4) is 0 Å². The Balaban J connectivity index is 1.43. The molecule has 128 valence electrons. The van der Waals surface area contributed by atoms with Gasteiger partial charge in [0.25, 0.3) is 0 Å². The van der Waals surface area contributed by atoms with Crippen molar-refractivity contribution in [1.82, 2.24) is 29.4 Å². The fourth-order valence-electron chi connectivity index (χ4n) is 3.87. The van der Waals surface area contributed by atoms with Crippen molar-refractivity contribution in [2.75, 3.05) is 6.54 Å². The zero-order chi connectivity index (χ0) is 16.8. The Kier molecular flexibility index (Phi) is 3.45. The Bertz CT molecular complexity index is 877. The van der Waals surface area contributed by atoms with Crippen LogP contribution in [0.3, 0.4) is 0 Å². The molecule has 1 fully saturated rings. The highest BCUT2D eigenvalue weighted by Crippen LogP contribution is 2.39. The van der Waals surface area contributed by atoms with Gasteiger partial charge in [0.15, 0.2) is 0 Å². The van der Waals surface area contributed by atoms with Gasteiger partial charge in [0, 0.05) is 38.4 Å². The molecule has 1 unspecified atom stereocenters. The molecule has 0 saturated heterocycles. The fourth-order valence-corrected chi connectivity index (χ4v) is 3.87. The van der Waals surface area contributed by atoms with Gasteiger partial charge in [-0.15, -0.1) is 10.2 Å². The summed E-state index contributed by atoms with van der Waals surface area (Å²) in [5.74, 6) is 2.83. The van der Waals surface area contributed by atoms with E-state index in [0.717, 1.165) is 31.3 Å². The zero-order valence-corrected chi connectivity index (χ0v) is 14.4. The van der Waals surface area contributed by atoms with E-state index in [2.05, 4.69) is 67.0 Å². The van der Waals surface area contributed by atoms with Gasteiger partial charge in [-0.25, -0.2) is 0 Å². The van der Waals surface area contributed by atoms with E-state index >= 15 is 0 Å². The van der Waals surface area contributed by atoms with E-state index in [1.165, 1.54) is 24.0 Å². The van der Waals surface area contributed by atoms with E-state index in [1.807, 2.05) is 12.3 Å². The predicted molar refractivity (Wildman–Crippen MR) is 93.9 cm³/mol. The quantitative estimate of drug-likeness (QED) is 0.736. The van der Waals surface area contributed by atoms with E-state index in [4.69, 9.17) is 0 Å². The van der Waals surface area contributed by atoms with Crippen molar-refractivity contribution in [1.29, 1.82) is 0 Å². The van der Waals surface area contributed by atoms with E-state index in [9.17, 15) is 0 Å². The van der Waals surface area contributed by atoms with Crippen LogP contribution >= 0.6 is 0 Å². The summed E-state index contributed by atoms with van der Waals surface area (Å²) in [6, 6.07) is 10.9. The Morgan fingerprint density at radius 2 is 2.00 bits per heavy atom. The van der Waals surface area contributed by atoms with Crippen molar-refractivity contribution < 1.29 is 0 Å². The first kappa shape index (κ1) is 14.8. The SMILES string of the molecule is Cn1c(CN2Cc3ccccc3C(n3cccn3)C2)nnc1C1CC1. The molecule has 0 spiro atoms. The van der Waals surface area contributed by atoms with Crippen molar-refractivity contribution in [2.45, 2.75) is 37.9 Å². The molecular weight excluding hydrogens is 312 g/mol. The highest BCUT2D eigenvalue weighted by molar-refractivity contribution is 5.33. The lowest BCUT2D eigenvalue weighted by atomic mass is 9.95. The number of nitrogens with zero attached hydrogens (tertiary/aromatic N) is 6. The van der Waals surface area contributed by atoms with Crippen LogP contribution in [-0.2, 0) is 20.1 Å². The zero-order valence-electron chi connectivity index (χ0n) is 14.4. The highest BCUT2D eigenvalue weighted by Gasteiger charge is 2.31. The maximum atomic E-state index is 4.49. The molecule has 2 aromatic heterocycles. The summed E-state index contributed by atoms with van der Waals surface area (Å²) in [6.45, 7) is 2.70. The summed E-state index contributed by atoms with van der Waals surface area (Å²) in [7, 11) is 2.10. The second-order valence-corrected chi connectivity index (χ2v) is 7.18. The van der Waals surface area contributed by atoms with Gasteiger partial charge in [-0.05, 0) is 30.0 Å². The van der Waals surface area contributed by atoms with Crippen molar-refractivity contribution in [3.05, 3.63) is 65.5 Å². The topological polar surface area (TPSA) is 51.8 Å². The van der Waals surface area contributed by atoms with E-state index in [1.54, 1.807) is 0 Å². The number of hydrogen-bond acceptors (Lipinski definition) is 4. The third-order valence-electron chi connectivity index (χ3n) is 5.39. The summed E-state index contributed by atoms with van der Waals surface area (Å²) in [5, 5.41) is 13.4. The molecule has 1 aromatic carbocycles. The maximum Gasteiger partial charge on any atom is 0.146 e. The molecule has 25 heavy (non-hydrogen) atoms. The van der Waals surface area contributed by atoms with Gasteiger partial charge in [-0.2, -0.15) is 5.10 Å². The Morgan fingerprint density at radius 1 is 1.12 bits per heavy atom. The molecule has 6 heteroatoms. The van der Waals surface area contributed by atoms with Crippen LogP contribution in [0.5, 0.6) is 0 Å². The first-order valence-corrected chi connectivity index (χ1v) is 8.97. The van der Waals surface area contributed by atoms with Crippen molar-refractivity contribution >= 4 is 0 Å². The van der Waals surface area contributed by atoms with Crippen LogP contribution in [0, 0.1) is 0 Å². The second-order valence-electron chi connectivity index (χ2n) is 7.18. The van der Waals surface area contributed by atoms with Gasteiger partial charge in [-0.3, -0.25) is 9.58 Å². The van der Waals surface area contributed by atoms with E-state index < -0.39 is 0 Å². The lowest BCUT2D eigenvalue weighted by molar-refractivity contribution is 0.197. The molecule has 1 saturated carbocycles. The number of hydrogen-bond donors (Lipinski definition) is 0. The molecule has 2 aliphatic rings. The summed E-state index contributed by atoms with van der Waals surface area (Å²) < 4.78 is 4.26. The fraction of sp³-hybridized carbons (Fsp3) is 0.421. The van der Waals surface area contributed by atoms with Crippen molar-refractivity contribution in [3.63, 3.8) is 0 Å². The molecule has 0 amide bonds. The first-order valence-electron chi connectivity index (χ1n) is 8.97. The van der Waals surface area contributed by atoms with Crippen LogP contribution in [0.25, 0.3) is 0 Å². The maximum absolute atomic E-state index is 4.49. The first-order chi connectivity index (χ1) is 12.3. The molecule has 1 aliphatic heterocycles. The van der Waals surface area contributed by atoms with Gasteiger partial charge in [0.2, 0.25) is 0 Å². The lowest BCUT2D eigenvalue weighted by Gasteiger charge is -2.34. The number of aromatic nitrogens is 5. The number of rotatable bonds is 4. The molecule has 3 aromatic rings. The number of benzene rings is 1. The van der Waals surface area contributed by atoms with Crippen molar-refractivity contribution in [2.24, 2.45) is 7.05 Å². The second kappa shape index (κ2) is 5.81. The van der Waals surface area contributed by atoms with E-state index in [-0.39, 0.29) is 6.04 Å². The Hall–Kier alpha value is -2.47. The molecule has 0 N–H and O–H groups in total. The molecule has 0 radical (unpaired) electrons. The van der Waals surface area contributed by atoms with Gasteiger partial charge < -0.3 is 4.57 Å². The standard InChI is InChI=1S/C19H22N6/c1-23-18(21-22-19(23)14-7-8-14)13-24-11-15-5-2-3-6-16(15)17(12-24)25-10-4-9-20-25/h2-6,9-10,14,17H,7-8,11-13H2,1H3. The van der Waals surface area contributed by atoms with Crippen LogP contribution in [0.4, 0.5) is 0 Å². The van der Waals surface area contributed by atoms with Gasteiger partial charge in [0.05, 0.1) is 12.6 Å². The average Bonchev–Trinajstić information content (AvgIpc) is 3.20. The normalized spacial score (nSPS) is 20.6. The molecule has 3 heterocycles. The lowest BCUT2D eigenvalue weighted by Crippen LogP contribution is -2.36. The molecule has 0 bridgehead atoms. The summed E-state index contributed by atoms with van der Waals surface area (Å²) in [4.78, 5) is 2.45. The van der Waals surface area contributed by atoms with Crippen LogP contribution < -0.4 is 0 Å². The van der Waals surface area contributed by atoms with Gasteiger partial charge in [-0.1, -0.05) is 24.3 Å². The molecular formula is C19H22N6. The Morgan fingerprint density at radius 3 is 2.80 bits per heavy atom. The minimum atomic E-state index is 0.246. The average molecular weight is 334 g/mol. The van der Waals surface area contributed by atoms with Crippen LogP contribution in [0.1, 0.15) is 47.6 Å². The summed E-state index contributed by atoms with van der Waals surface area (Å²) >= 11 is 0. The van der Waals surface area contributed by atoms with E-state index in [0.29, 0.717) is 5.92 Å². The summed E-state index contributed by atoms with van der Waals surface area (Å²) in [6.07, 6.45) is 6.42. The molecule has 1 aliphatic carbocycles. The van der Waals surface area contributed by atoms with Gasteiger partial charge >= 0.3 is 0 Å².